The van der Waals surface area contributed by atoms with Gasteiger partial charge in [0.25, 0.3) is 0 Å². The Labute approximate surface area is 132 Å². The number of likely N-dealkylation sites (N-methyl/N-ethyl adjacent to an activating group) is 1. The molecule has 1 aliphatic carbocycles. The predicted octanol–water partition coefficient (Wildman–Crippen LogP) is 4.46. The minimum atomic E-state index is 0.204. The van der Waals surface area contributed by atoms with Crippen molar-refractivity contribution in [2.45, 2.75) is 57.9 Å². The topological polar surface area (TPSA) is 33.5 Å². The van der Waals surface area contributed by atoms with E-state index in [9.17, 15) is 4.79 Å². The van der Waals surface area contributed by atoms with Gasteiger partial charge >= 0.3 is 0 Å². The van der Waals surface area contributed by atoms with Gasteiger partial charge in [-0.2, -0.15) is 0 Å². The fourth-order valence-electron chi connectivity index (χ4n) is 3.46. The van der Waals surface area contributed by atoms with Gasteiger partial charge in [-0.3, -0.25) is 4.79 Å². The molecule has 3 rings (SSSR count). The quantitative estimate of drug-likeness (QED) is 0.784. The molecule has 0 unspecified atom stereocenters. The molecule has 2 aromatic rings. The van der Waals surface area contributed by atoms with Crippen LogP contribution in [-0.4, -0.2) is 23.9 Å². The van der Waals surface area contributed by atoms with Crippen molar-refractivity contribution in [3.05, 3.63) is 35.6 Å². The highest BCUT2D eigenvalue weighted by Crippen LogP contribution is 2.25. The van der Waals surface area contributed by atoms with Crippen LogP contribution in [0, 0.1) is 6.92 Å². The Morgan fingerprint density at radius 2 is 1.95 bits per heavy atom. The molecule has 0 radical (unpaired) electrons. The summed E-state index contributed by atoms with van der Waals surface area (Å²) in [6, 6.07) is 6.57. The lowest BCUT2D eigenvalue weighted by molar-refractivity contribution is -0.131. The zero-order valence-electron chi connectivity index (χ0n) is 13.6. The number of aryl methyl sites for hydroxylation is 1. The average Bonchev–Trinajstić information content (AvgIpc) is 2.74. The van der Waals surface area contributed by atoms with Gasteiger partial charge in [-0.15, -0.1) is 0 Å². The van der Waals surface area contributed by atoms with Gasteiger partial charge in [0.1, 0.15) is 5.58 Å². The first-order chi connectivity index (χ1) is 10.6. The molecule has 1 saturated carbocycles. The molecule has 0 aliphatic heterocycles. The molecule has 1 amide bonds. The molecule has 1 aromatic carbocycles. The van der Waals surface area contributed by atoms with Crippen LogP contribution in [-0.2, 0) is 11.2 Å². The SMILES string of the molecule is Cc1ccc2c(CC(=O)N(C)C3CCCCCC3)coc2c1. The Bertz CT molecular complexity index is 650. The van der Waals surface area contributed by atoms with Crippen molar-refractivity contribution in [1.29, 1.82) is 0 Å². The van der Waals surface area contributed by atoms with E-state index in [-0.39, 0.29) is 5.91 Å². The number of benzene rings is 1. The van der Waals surface area contributed by atoms with Crippen molar-refractivity contribution in [2.75, 3.05) is 7.05 Å². The summed E-state index contributed by atoms with van der Waals surface area (Å²) in [7, 11) is 1.96. The van der Waals surface area contributed by atoms with Crippen molar-refractivity contribution >= 4 is 16.9 Å². The van der Waals surface area contributed by atoms with Gasteiger partial charge in [-0.25, -0.2) is 0 Å². The van der Waals surface area contributed by atoms with Crippen molar-refractivity contribution in [3.8, 4) is 0 Å². The number of furan rings is 1. The van der Waals surface area contributed by atoms with E-state index >= 15 is 0 Å². The number of hydrogen-bond acceptors (Lipinski definition) is 2. The molecule has 3 nitrogen and oxygen atoms in total. The van der Waals surface area contributed by atoms with Gasteiger partial charge in [0.15, 0.2) is 0 Å². The summed E-state index contributed by atoms with van der Waals surface area (Å²) in [5, 5.41) is 1.06. The van der Waals surface area contributed by atoms with E-state index in [0.29, 0.717) is 12.5 Å². The number of carbonyl (C=O) groups is 1. The van der Waals surface area contributed by atoms with Crippen LogP contribution >= 0.6 is 0 Å². The molecule has 22 heavy (non-hydrogen) atoms. The third kappa shape index (κ3) is 3.18. The summed E-state index contributed by atoms with van der Waals surface area (Å²) in [5.74, 6) is 0.204. The Hall–Kier alpha value is -1.77. The van der Waals surface area contributed by atoms with Gasteiger partial charge in [0.05, 0.1) is 12.7 Å². The summed E-state index contributed by atoms with van der Waals surface area (Å²) in [5.41, 5.74) is 3.05. The first kappa shape index (κ1) is 15.1. The van der Waals surface area contributed by atoms with E-state index < -0.39 is 0 Å². The van der Waals surface area contributed by atoms with Gasteiger partial charge in [0.2, 0.25) is 5.91 Å². The van der Waals surface area contributed by atoms with E-state index in [1.165, 1.54) is 31.2 Å². The van der Waals surface area contributed by atoms with Gasteiger partial charge < -0.3 is 9.32 Å². The standard InChI is InChI=1S/C19H25NO2/c1-14-9-10-17-15(13-22-18(17)11-14)12-19(21)20(2)16-7-5-3-4-6-8-16/h9-11,13,16H,3-8,12H2,1-2H3. The van der Waals surface area contributed by atoms with Crippen LogP contribution in [0.25, 0.3) is 11.0 Å². The van der Waals surface area contributed by atoms with E-state index in [2.05, 4.69) is 12.1 Å². The number of carbonyl (C=O) groups excluding carboxylic acids is 1. The highest BCUT2D eigenvalue weighted by Gasteiger charge is 2.22. The molecule has 0 saturated heterocycles. The van der Waals surface area contributed by atoms with Crippen LogP contribution in [0.4, 0.5) is 0 Å². The molecular formula is C19H25NO2. The molecule has 0 atom stereocenters. The summed E-state index contributed by atoms with van der Waals surface area (Å²) >= 11 is 0. The Morgan fingerprint density at radius 1 is 1.23 bits per heavy atom. The van der Waals surface area contributed by atoms with E-state index in [1.807, 2.05) is 24.9 Å². The first-order valence-electron chi connectivity index (χ1n) is 8.37. The summed E-state index contributed by atoms with van der Waals surface area (Å²) in [6.07, 6.45) is 9.58. The van der Waals surface area contributed by atoms with Crippen LogP contribution in [0.1, 0.15) is 49.7 Å². The third-order valence-corrected chi connectivity index (χ3v) is 4.92. The van der Waals surface area contributed by atoms with Gasteiger partial charge in [0, 0.05) is 24.0 Å². The molecule has 1 aliphatic rings. The number of amides is 1. The smallest absolute Gasteiger partial charge is 0.227 e. The normalized spacial score (nSPS) is 16.6. The third-order valence-electron chi connectivity index (χ3n) is 4.92. The van der Waals surface area contributed by atoms with Crippen LogP contribution < -0.4 is 0 Å². The molecule has 0 N–H and O–H groups in total. The number of nitrogens with zero attached hydrogens (tertiary/aromatic N) is 1. The summed E-state index contributed by atoms with van der Waals surface area (Å²) in [4.78, 5) is 14.6. The minimum Gasteiger partial charge on any atom is -0.464 e. The Morgan fingerprint density at radius 3 is 2.68 bits per heavy atom. The molecule has 1 heterocycles. The first-order valence-corrected chi connectivity index (χ1v) is 8.37. The largest absolute Gasteiger partial charge is 0.464 e. The van der Waals surface area contributed by atoms with Crippen molar-refractivity contribution in [2.24, 2.45) is 0 Å². The van der Waals surface area contributed by atoms with Crippen LogP contribution in [0.2, 0.25) is 0 Å². The monoisotopic (exact) mass is 299 g/mol. The lowest BCUT2D eigenvalue weighted by Gasteiger charge is -2.27. The molecular weight excluding hydrogens is 274 g/mol. The molecule has 118 valence electrons. The second-order valence-electron chi connectivity index (χ2n) is 6.59. The van der Waals surface area contributed by atoms with Crippen LogP contribution in [0.15, 0.2) is 28.9 Å². The number of fused-ring (bicyclic) bond motifs is 1. The maximum atomic E-state index is 12.6. The molecule has 3 heteroatoms. The highest BCUT2D eigenvalue weighted by atomic mass is 16.3. The molecule has 0 spiro atoms. The highest BCUT2D eigenvalue weighted by molar-refractivity contribution is 5.88. The van der Waals surface area contributed by atoms with Crippen molar-refractivity contribution in [1.82, 2.24) is 4.90 Å². The molecule has 1 fully saturated rings. The van der Waals surface area contributed by atoms with E-state index in [1.54, 1.807) is 6.26 Å². The van der Waals surface area contributed by atoms with E-state index in [0.717, 1.165) is 29.4 Å². The average molecular weight is 299 g/mol. The summed E-state index contributed by atoms with van der Waals surface area (Å²) < 4.78 is 5.61. The van der Waals surface area contributed by atoms with Crippen molar-refractivity contribution in [3.63, 3.8) is 0 Å². The van der Waals surface area contributed by atoms with Crippen LogP contribution in [0.5, 0.6) is 0 Å². The second kappa shape index (κ2) is 6.55. The zero-order chi connectivity index (χ0) is 15.5. The number of hydrogen-bond donors (Lipinski definition) is 0. The minimum absolute atomic E-state index is 0.204. The molecule has 0 bridgehead atoms. The number of rotatable bonds is 3. The van der Waals surface area contributed by atoms with Gasteiger partial charge in [-0.05, 0) is 31.4 Å². The lowest BCUT2D eigenvalue weighted by Crippen LogP contribution is -2.37. The maximum absolute atomic E-state index is 12.6. The maximum Gasteiger partial charge on any atom is 0.227 e. The van der Waals surface area contributed by atoms with Crippen molar-refractivity contribution < 1.29 is 9.21 Å². The lowest BCUT2D eigenvalue weighted by atomic mass is 10.0. The predicted molar refractivity (Wildman–Crippen MR) is 88.9 cm³/mol. The van der Waals surface area contributed by atoms with Crippen LogP contribution in [0.3, 0.4) is 0 Å². The Balaban J connectivity index is 1.72. The van der Waals surface area contributed by atoms with Gasteiger partial charge in [-0.1, -0.05) is 37.8 Å². The van der Waals surface area contributed by atoms with E-state index in [4.69, 9.17) is 4.42 Å². The zero-order valence-corrected chi connectivity index (χ0v) is 13.6. The molecule has 1 aromatic heterocycles. The fraction of sp³-hybridized carbons (Fsp3) is 0.526. The summed E-state index contributed by atoms with van der Waals surface area (Å²) in [6.45, 7) is 2.05. The Kier molecular flexibility index (Phi) is 4.51. The second-order valence-corrected chi connectivity index (χ2v) is 6.59. The fourth-order valence-corrected chi connectivity index (χ4v) is 3.46.